The molecule has 3 nitrogen and oxygen atoms in total. The highest BCUT2D eigenvalue weighted by Crippen LogP contribution is 2.27. The van der Waals surface area contributed by atoms with Crippen molar-refractivity contribution in [3.05, 3.63) is 63.9 Å². The largest absolute Gasteiger partial charge is 0.271 e. The molecular formula is C16H20BrN3. The smallest absolute Gasteiger partial charge is 0.0725 e. The monoisotopic (exact) mass is 333 g/mol. The number of hydrazine groups is 1. The molecule has 1 unspecified atom stereocenters. The summed E-state index contributed by atoms with van der Waals surface area (Å²) in [5.41, 5.74) is 6.48. The second-order valence-electron chi connectivity index (χ2n) is 5.91. The summed E-state index contributed by atoms with van der Waals surface area (Å²) in [5.74, 6) is 5.72. The maximum atomic E-state index is 5.72. The Hall–Kier alpha value is -1.23. The van der Waals surface area contributed by atoms with Crippen molar-refractivity contribution < 1.29 is 0 Å². The molecule has 0 aliphatic rings. The van der Waals surface area contributed by atoms with Gasteiger partial charge in [0.25, 0.3) is 0 Å². The van der Waals surface area contributed by atoms with E-state index < -0.39 is 0 Å². The first kappa shape index (κ1) is 15.2. The molecule has 2 rings (SSSR count). The topological polar surface area (TPSA) is 50.9 Å². The highest BCUT2D eigenvalue weighted by Gasteiger charge is 2.16. The SMILES string of the molecule is CC(C)(C)c1ccc(C(NN)c2cncc(Br)c2)cc1. The van der Waals surface area contributed by atoms with E-state index in [0.717, 1.165) is 15.6 Å². The van der Waals surface area contributed by atoms with Crippen LogP contribution in [0.5, 0.6) is 0 Å². The van der Waals surface area contributed by atoms with Crippen molar-refractivity contribution in [1.29, 1.82) is 0 Å². The molecule has 0 radical (unpaired) electrons. The summed E-state index contributed by atoms with van der Waals surface area (Å²) in [5, 5.41) is 0. The molecule has 4 heteroatoms. The minimum atomic E-state index is -0.0611. The fourth-order valence-corrected chi connectivity index (χ4v) is 2.53. The maximum absolute atomic E-state index is 5.72. The van der Waals surface area contributed by atoms with Gasteiger partial charge in [-0.05, 0) is 44.1 Å². The predicted molar refractivity (Wildman–Crippen MR) is 86.2 cm³/mol. The number of nitrogens with two attached hydrogens (primary N) is 1. The van der Waals surface area contributed by atoms with Crippen LogP contribution in [-0.2, 0) is 5.41 Å². The second kappa shape index (κ2) is 6.04. The Morgan fingerprint density at radius 3 is 2.25 bits per heavy atom. The van der Waals surface area contributed by atoms with Crippen molar-refractivity contribution in [3.63, 3.8) is 0 Å². The Balaban J connectivity index is 2.33. The second-order valence-corrected chi connectivity index (χ2v) is 6.82. The van der Waals surface area contributed by atoms with Crippen molar-refractivity contribution in [2.24, 2.45) is 5.84 Å². The lowest BCUT2D eigenvalue weighted by atomic mass is 9.86. The molecule has 0 saturated carbocycles. The lowest BCUT2D eigenvalue weighted by molar-refractivity contribution is 0.588. The number of nitrogens with one attached hydrogen (secondary N) is 1. The Kier molecular flexibility index (Phi) is 4.58. The summed E-state index contributed by atoms with van der Waals surface area (Å²) in [6.45, 7) is 6.62. The van der Waals surface area contributed by atoms with Gasteiger partial charge >= 0.3 is 0 Å². The number of aromatic nitrogens is 1. The Bertz CT molecular complexity index is 573. The van der Waals surface area contributed by atoms with Crippen molar-refractivity contribution in [2.75, 3.05) is 0 Å². The summed E-state index contributed by atoms with van der Waals surface area (Å²) in [6, 6.07) is 10.5. The third-order valence-corrected chi connectivity index (χ3v) is 3.77. The highest BCUT2D eigenvalue weighted by atomic mass is 79.9. The summed E-state index contributed by atoms with van der Waals surface area (Å²) in [6.07, 6.45) is 3.59. The molecule has 106 valence electrons. The molecule has 0 amide bonds. The maximum Gasteiger partial charge on any atom is 0.0725 e. The molecule has 1 heterocycles. The molecule has 0 aliphatic heterocycles. The van der Waals surface area contributed by atoms with E-state index in [1.165, 1.54) is 5.56 Å². The van der Waals surface area contributed by atoms with Gasteiger partial charge in [-0.2, -0.15) is 0 Å². The lowest BCUT2D eigenvalue weighted by Gasteiger charge is -2.21. The number of benzene rings is 1. The zero-order valence-corrected chi connectivity index (χ0v) is 13.6. The van der Waals surface area contributed by atoms with E-state index in [4.69, 9.17) is 5.84 Å². The fraction of sp³-hybridized carbons (Fsp3) is 0.312. The molecule has 1 atom stereocenters. The summed E-state index contributed by atoms with van der Waals surface area (Å²) < 4.78 is 0.946. The van der Waals surface area contributed by atoms with Gasteiger partial charge in [0.1, 0.15) is 0 Å². The third-order valence-electron chi connectivity index (χ3n) is 3.34. The van der Waals surface area contributed by atoms with Crippen molar-refractivity contribution in [2.45, 2.75) is 32.2 Å². The predicted octanol–water partition coefficient (Wildman–Crippen LogP) is 3.69. The highest BCUT2D eigenvalue weighted by molar-refractivity contribution is 9.10. The summed E-state index contributed by atoms with van der Waals surface area (Å²) >= 11 is 3.44. The molecule has 0 bridgehead atoms. The first-order chi connectivity index (χ1) is 9.41. The summed E-state index contributed by atoms with van der Waals surface area (Å²) in [4.78, 5) is 4.19. The summed E-state index contributed by atoms with van der Waals surface area (Å²) in [7, 11) is 0. The number of halogens is 1. The van der Waals surface area contributed by atoms with Crippen LogP contribution in [0.2, 0.25) is 0 Å². The molecule has 0 spiro atoms. The van der Waals surface area contributed by atoms with Crippen LogP contribution >= 0.6 is 15.9 Å². The normalized spacial score (nSPS) is 13.2. The molecular weight excluding hydrogens is 314 g/mol. The van der Waals surface area contributed by atoms with E-state index >= 15 is 0 Å². The van der Waals surface area contributed by atoms with E-state index in [-0.39, 0.29) is 11.5 Å². The van der Waals surface area contributed by atoms with Gasteiger partial charge in [-0.3, -0.25) is 10.8 Å². The first-order valence-corrected chi connectivity index (χ1v) is 7.38. The van der Waals surface area contributed by atoms with Crippen molar-refractivity contribution in [3.8, 4) is 0 Å². The number of rotatable bonds is 3. The molecule has 3 N–H and O–H groups in total. The Morgan fingerprint density at radius 1 is 1.10 bits per heavy atom. The average Bonchev–Trinajstić information content (AvgIpc) is 2.39. The van der Waals surface area contributed by atoms with Crippen molar-refractivity contribution >= 4 is 15.9 Å². The number of hydrogen-bond acceptors (Lipinski definition) is 3. The average molecular weight is 334 g/mol. The van der Waals surface area contributed by atoms with Crippen LogP contribution in [0.25, 0.3) is 0 Å². The lowest BCUT2D eigenvalue weighted by Crippen LogP contribution is -2.29. The van der Waals surface area contributed by atoms with E-state index in [9.17, 15) is 0 Å². The van der Waals surface area contributed by atoms with Crippen LogP contribution < -0.4 is 11.3 Å². The van der Waals surface area contributed by atoms with Gasteiger partial charge in [0.2, 0.25) is 0 Å². The number of pyridine rings is 1. The zero-order chi connectivity index (χ0) is 14.8. The Morgan fingerprint density at radius 2 is 1.75 bits per heavy atom. The van der Waals surface area contributed by atoms with Crippen LogP contribution in [0.1, 0.15) is 43.5 Å². The van der Waals surface area contributed by atoms with Gasteiger partial charge in [-0.1, -0.05) is 45.0 Å². The van der Waals surface area contributed by atoms with Crippen LogP contribution in [0.15, 0.2) is 47.2 Å². The molecule has 0 fully saturated rings. The van der Waals surface area contributed by atoms with Crippen molar-refractivity contribution in [1.82, 2.24) is 10.4 Å². The zero-order valence-electron chi connectivity index (χ0n) is 12.0. The van der Waals surface area contributed by atoms with Gasteiger partial charge in [0.05, 0.1) is 6.04 Å². The molecule has 1 aromatic carbocycles. The molecule has 1 aromatic heterocycles. The molecule has 2 aromatic rings. The molecule has 0 aliphatic carbocycles. The first-order valence-electron chi connectivity index (χ1n) is 6.59. The fourth-order valence-electron chi connectivity index (χ4n) is 2.15. The standard InChI is InChI=1S/C16H20BrN3/c1-16(2,3)13-6-4-11(5-7-13)15(20-18)12-8-14(17)10-19-9-12/h4-10,15,20H,18H2,1-3H3. The Labute approximate surface area is 128 Å². The van der Waals surface area contributed by atoms with Crippen LogP contribution in [0.3, 0.4) is 0 Å². The van der Waals surface area contributed by atoms with E-state index in [1.807, 2.05) is 12.3 Å². The minimum Gasteiger partial charge on any atom is -0.271 e. The minimum absolute atomic E-state index is 0.0611. The number of hydrogen-bond donors (Lipinski definition) is 2. The van der Waals surface area contributed by atoms with Gasteiger partial charge in [-0.25, -0.2) is 5.43 Å². The van der Waals surface area contributed by atoms with E-state index in [2.05, 4.69) is 71.4 Å². The van der Waals surface area contributed by atoms with Gasteiger partial charge < -0.3 is 0 Å². The van der Waals surface area contributed by atoms with E-state index in [0.29, 0.717) is 0 Å². The van der Waals surface area contributed by atoms with E-state index in [1.54, 1.807) is 6.20 Å². The van der Waals surface area contributed by atoms with Crippen LogP contribution in [0, 0.1) is 0 Å². The quantitative estimate of drug-likeness (QED) is 0.665. The third kappa shape index (κ3) is 3.45. The molecule has 20 heavy (non-hydrogen) atoms. The van der Waals surface area contributed by atoms with Crippen LogP contribution in [0.4, 0.5) is 0 Å². The molecule has 0 saturated heterocycles. The van der Waals surface area contributed by atoms with Gasteiger partial charge in [0.15, 0.2) is 0 Å². The number of nitrogens with zero attached hydrogens (tertiary/aromatic N) is 1. The van der Waals surface area contributed by atoms with Gasteiger partial charge in [-0.15, -0.1) is 0 Å². The van der Waals surface area contributed by atoms with Gasteiger partial charge in [0, 0.05) is 16.9 Å². The van der Waals surface area contributed by atoms with Crippen LogP contribution in [-0.4, -0.2) is 4.98 Å².